The maximum atomic E-state index is 9.85. The van der Waals surface area contributed by atoms with Gasteiger partial charge in [0.2, 0.25) is 0 Å². The van der Waals surface area contributed by atoms with E-state index < -0.39 is 0 Å². The highest BCUT2D eigenvalue weighted by Crippen LogP contribution is 2.22. The number of nitrogens with two attached hydrogens (primary N) is 1. The Morgan fingerprint density at radius 1 is 1.31 bits per heavy atom. The molecule has 1 unspecified atom stereocenters. The molecule has 0 saturated heterocycles. The molecular weight excluding hydrogens is 198 g/mol. The van der Waals surface area contributed by atoms with E-state index in [2.05, 4.69) is 0 Å². The quantitative estimate of drug-likeness (QED) is 0.767. The molecule has 16 heavy (non-hydrogen) atoms. The summed E-state index contributed by atoms with van der Waals surface area (Å²) in [5, 5.41) is 9.85. The molecule has 0 heterocycles. The minimum absolute atomic E-state index is 0.0768. The third kappa shape index (κ3) is 3.70. The van der Waals surface area contributed by atoms with Gasteiger partial charge in [0, 0.05) is 5.69 Å². The first-order chi connectivity index (χ1) is 7.41. The number of aliphatic hydroxyl groups excluding tert-OH is 1. The van der Waals surface area contributed by atoms with Crippen molar-refractivity contribution in [1.29, 1.82) is 0 Å². The lowest BCUT2D eigenvalue weighted by Crippen LogP contribution is -2.24. The summed E-state index contributed by atoms with van der Waals surface area (Å²) >= 11 is 0. The van der Waals surface area contributed by atoms with Gasteiger partial charge in [-0.2, -0.15) is 0 Å². The van der Waals surface area contributed by atoms with Crippen molar-refractivity contribution in [2.24, 2.45) is 5.41 Å². The third-order valence-electron chi connectivity index (χ3n) is 2.65. The fourth-order valence-corrected chi connectivity index (χ4v) is 1.34. The monoisotopic (exact) mass is 219 g/mol. The maximum Gasteiger partial charge on any atom is 0.0622 e. The van der Waals surface area contributed by atoms with Gasteiger partial charge in [0.1, 0.15) is 0 Å². The van der Waals surface area contributed by atoms with Crippen LogP contribution in [0.25, 0.3) is 6.08 Å². The largest absolute Gasteiger partial charge is 0.398 e. The lowest BCUT2D eigenvalue weighted by Gasteiger charge is -2.24. The second-order valence-electron chi connectivity index (χ2n) is 5.15. The van der Waals surface area contributed by atoms with E-state index in [1.165, 1.54) is 0 Å². The normalized spacial score (nSPS) is 14.2. The number of hydrogen-bond donors (Lipinski definition) is 2. The van der Waals surface area contributed by atoms with E-state index in [9.17, 15) is 5.11 Å². The molecular formula is C14H21NO. The van der Waals surface area contributed by atoms with E-state index in [-0.39, 0.29) is 11.5 Å². The Hall–Kier alpha value is -1.28. The van der Waals surface area contributed by atoms with Crippen LogP contribution >= 0.6 is 0 Å². The Morgan fingerprint density at radius 2 is 1.94 bits per heavy atom. The maximum absolute atomic E-state index is 9.85. The van der Waals surface area contributed by atoms with Crippen LogP contribution in [0.2, 0.25) is 0 Å². The Morgan fingerprint density at radius 3 is 2.50 bits per heavy atom. The summed E-state index contributed by atoms with van der Waals surface area (Å²) in [6, 6.07) is 7.71. The zero-order chi connectivity index (χ0) is 12.2. The van der Waals surface area contributed by atoms with E-state index in [0.29, 0.717) is 6.42 Å². The van der Waals surface area contributed by atoms with Gasteiger partial charge in [0.25, 0.3) is 0 Å². The number of benzene rings is 1. The van der Waals surface area contributed by atoms with Crippen LogP contribution in [0.3, 0.4) is 0 Å². The lowest BCUT2D eigenvalue weighted by atomic mass is 9.87. The molecule has 1 aromatic carbocycles. The molecule has 0 amide bonds. The van der Waals surface area contributed by atoms with Gasteiger partial charge in [0.05, 0.1) is 6.10 Å². The third-order valence-corrected chi connectivity index (χ3v) is 2.65. The minimum Gasteiger partial charge on any atom is -0.398 e. The summed E-state index contributed by atoms with van der Waals surface area (Å²) in [5.41, 5.74) is 7.50. The van der Waals surface area contributed by atoms with Crippen LogP contribution in [0.5, 0.6) is 0 Å². The molecule has 0 bridgehead atoms. The summed E-state index contributed by atoms with van der Waals surface area (Å²) in [5.74, 6) is 0. The first-order valence-electron chi connectivity index (χ1n) is 5.60. The van der Waals surface area contributed by atoms with E-state index in [1.807, 2.05) is 57.2 Å². The Bertz CT molecular complexity index is 363. The van der Waals surface area contributed by atoms with Crippen LogP contribution in [-0.4, -0.2) is 11.2 Å². The van der Waals surface area contributed by atoms with Crippen molar-refractivity contribution in [1.82, 2.24) is 0 Å². The highest BCUT2D eigenvalue weighted by Gasteiger charge is 2.20. The molecule has 0 aromatic heterocycles. The van der Waals surface area contributed by atoms with Gasteiger partial charge in [-0.15, -0.1) is 0 Å². The first kappa shape index (κ1) is 12.8. The van der Waals surface area contributed by atoms with E-state index >= 15 is 0 Å². The Kier molecular flexibility index (Phi) is 4.13. The van der Waals surface area contributed by atoms with Crippen LogP contribution in [0.4, 0.5) is 5.69 Å². The highest BCUT2D eigenvalue weighted by molar-refractivity contribution is 5.63. The molecule has 1 rings (SSSR count). The molecule has 0 aliphatic rings. The predicted octanol–water partition coefficient (Wildman–Crippen LogP) is 3.08. The van der Waals surface area contributed by atoms with Crippen LogP contribution in [-0.2, 0) is 0 Å². The SMILES string of the molecule is CC(C)(C)C(O)C/C=C/c1ccccc1N. The molecule has 2 heteroatoms. The molecule has 3 N–H and O–H groups in total. The average Bonchev–Trinajstić information content (AvgIpc) is 2.19. The summed E-state index contributed by atoms with van der Waals surface area (Å²) < 4.78 is 0. The van der Waals surface area contributed by atoms with E-state index in [1.54, 1.807) is 0 Å². The second-order valence-corrected chi connectivity index (χ2v) is 5.15. The first-order valence-corrected chi connectivity index (χ1v) is 5.60. The van der Waals surface area contributed by atoms with Crippen molar-refractivity contribution in [3.8, 4) is 0 Å². The van der Waals surface area contributed by atoms with Gasteiger partial charge in [-0.1, -0.05) is 51.1 Å². The summed E-state index contributed by atoms with van der Waals surface area (Å²) in [4.78, 5) is 0. The fourth-order valence-electron chi connectivity index (χ4n) is 1.34. The molecule has 0 saturated carbocycles. The van der Waals surface area contributed by atoms with E-state index in [0.717, 1.165) is 11.3 Å². The van der Waals surface area contributed by atoms with Crippen LogP contribution in [0.15, 0.2) is 30.3 Å². The standard InChI is InChI=1S/C14H21NO/c1-14(2,3)13(16)10-6-8-11-7-4-5-9-12(11)15/h4-9,13,16H,10,15H2,1-3H3/b8-6+. The summed E-state index contributed by atoms with van der Waals surface area (Å²) in [6.45, 7) is 6.09. The molecule has 0 aliphatic carbocycles. The number of nitrogen functional groups attached to an aromatic ring is 1. The molecule has 2 nitrogen and oxygen atoms in total. The molecule has 0 radical (unpaired) electrons. The highest BCUT2D eigenvalue weighted by atomic mass is 16.3. The van der Waals surface area contributed by atoms with Gasteiger partial charge in [-0.25, -0.2) is 0 Å². The van der Waals surface area contributed by atoms with Crippen molar-refractivity contribution in [2.45, 2.75) is 33.3 Å². The summed E-state index contributed by atoms with van der Waals surface area (Å²) in [6.07, 6.45) is 4.26. The second kappa shape index (κ2) is 5.17. The summed E-state index contributed by atoms with van der Waals surface area (Å²) in [7, 11) is 0. The van der Waals surface area contributed by atoms with Crippen LogP contribution in [0.1, 0.15) is 32.8 Å². The van der Waals surface area contributed by atoms with Crippen molar-refractivity contribution >= 4 is 11.8 Å². The van der Waals surface area contributed by atoms with Crippen molar-refractivity contribution in [3.63, 3.8) is 0 Å². The number of rotatable bonds is 3. The predicted molar refractivity (Wildman–Crippen MR) is 70.0 cm³/mol. The topological polar surface area (TPSA) is 46.2 Å². The smallest absolute Gasteiger partial charge is 0.0622 e. The molecule has 0 spiro atoms. The van der Waals surface area contributed by atoms with Gasteiger partial charge in [0.15, 0.2) is 0 Å². The van der Waals surface area contributed by atoms with E-state index in [4.69, 9.17) is 5.73 Å². The number of para-hydroxylation sites is 1. The fraction of sp³-hybridized carbons (Fsp3) is 0.429. The average molecular weight is 219 g/mol. The van der Waals surface area contributed by atoms with Crippen LogP contribution in [0, 0.1) is 5.41 Å². The zero-order valence-electron chi connectivity index (χ0n) is 10.3. The number of hydrogen-bond acceptors (Lipinski definition) is 2. The van der Waals surface area contributed by atoms with Crippen LogP contribution < -0.4 is 5.73 Å². The van der Waals surface area contributed by atoms with Gasteiger partial charge in [-0.3, -0.25) is 0 Å². The Balaban J connectivity index is 2.59. The van der Waals surface area contributed by atoms with Gasteiger partial charge >= 0.3 is 0 Å². The number of anilines is 1. The lowest BCUT2D eigenvalue weighted by molar-refractivity contribution is 0.0661. The van der Waals surface area contributed by atoms with Crippen molar-refractivity contribution < 1.29 is 5.11 Å². The van der Waals surface area contributed by atoms with Gasteiger partial charge in [-0.05, 0) is 23.5 Å². The molecule has 0 fully saturated rings. The molecule has 1 aromatic rings. The molecule has 88 valence electrons. The molecule has 1 atom stereocenters. The Labute approximate surface area is 97.8 Å². The molecule has 0 aliphatic heterocycles. The van der Waals surface area contributed by atoms with Crippen molar-refractivity contribution in [2.75, 3.05) is 5.73 Å². The number of aliphatic hydroxyl groups is 1. The minimum atomic E-state index is -0.325. The van der Waals surface area contributed by atoms with Gasteiger partial charge < -0.3 is 10.8 Å². The van der Waals surface area contributed by atoms with Crippen molar-refractivity contribution in [3.05, 3.63) is 35.9 Å². The zero-order valence-corrected chi connectivity index (χ0v) is 10.3.